The molecular formula is C19H18N4O3S. The SMILES string of the molecule is Cc1cc(C)cc(-c2nnc(SCC(=O)Nc3ccccc3C(N)=O)o2)c1. The van der Waals surface area contributed by atoms with Crippen molar-refractivity contribution in [1.29, 1.82) is 0 Å². The van der Waals surface area contributed by atoms with Crippen molar-refractivity contribution < 1.29 is 14.0 Å². The topological polar surface area (TPSA) is 111 Å². The monoisotopic (exact) mass is 382 g/mol. The predicted octanol–water partition coefficient (Wildman–Crippen LogP) is 3.18. The summed E-state index contributed by atoms with van der Waals surface area (Å²) in [6.45, 7) is 3.99. The molecule has 1 aromatic heterocycles. The van der Waals surface area contributed by atoms with Crippen molar-refractivity contribution in [1.82, 2.24) is 10.2 Å². The number of hydrogen-bond acceptors (Lipinski definition) is 6. The number of anilines is 1. The van der Waals surface area contributed by atoms with Gasteiger partial charge in [0.05, 0.1) is 17.0 Å². The zero-order valence-electron chi connectivity index (χ0n) is 14.9. The van der Waals surface area contributed by atoms with Crippen LogP contribution in [-0.2, 0) is 4.79 Å². The van der Waals surface area contributed by atoms with Crippen LogP contribution in [0.25, 0.3) is 11.5 Å². The Balaban J connectivity index is 1.63. The molecule has 8 heteroatoms. The number of carbonyl (C=O) groups is 2. The molecule has 0 aliphatic carbocycles. The first kappa shape index (κ1) is 18.7. The molecule has 0 aliphatic rings. The van der Waals surface area contributed by atoms with Crippen molar-refractivity contribution in [2.45, 2.75) is 19.1 Å². The van der Waals surface area contributed by atoms with E-state index >= 15 is 0 Å². The van der Waals surface area contributed by atoms with E-state index in [0.717, 1.165) is 28.5 Å². The van der Waals surface area contributed by atoms with E-state index in [-0.39, 0.29) is 17.2 Å². The lowest BCUT2D eigenvalue weighted by atomic mass is 10.1. The summed E-state index contributed by atoms with van der Waals surface area (Å²) < 4.78 is 5.63. The molecule has 0 radical (unpaired) electrons. The third-order valence-corrected chi connectivity index (χ3v) is 4.49. The van der Waals surface area contributed by atoms with Crippen LogP contribution in [0.5, 0.6) is 0 Å². The summed E-state index contributed by atoms with van der Waals surface area (Å²) in [5.74, 6) is -0.445. The van der Waals surface area contributed by atoms with Crippen molar-refractivity contribution in [2.24, 2.45) is 5.73 Å². The summed E-state index contributed by atoms with van der Waals surface area (Å²) >= 11 is 1.12. The molecule has 0 spiro atoms. The van der Waals surface area contributed by atoms with Crippen molar-refractivity contribution in [2.75, 3.05) is 11.1 Å². The van der Waals surface area contributed by atoms with E-state index in [9.17, 15) is 9.59 Å². The van der Waals surface area contributed by atoms with Gasteiger partial charge in [0.2, 0.25) is 11.8 Å². The molecule has 1 heterocycles. The standard InChI is InChI=1S/C19H18N4O3S/c1-11-7-12(2)9-13(8-11)18-22-23-19(26-18)27-10-16(24)21-15-6-4-3-5-14(15)17(20)25/h3-9H,10H2,1-2H3,(H2,20,25)(H,21,24). The Hall–Kier alpha value is -3.13. The lowest BCUT2D eigenvalue weighted by Crippen LogP contribution is -2.19. The molecule has 0 aliphatic heterocycles. The zero-order valence-corrected chi connectivity index (χ0v) is 15.7. The number of nitrogens with two attached hydrogens (primary N) is 1. The average molecular weight is 382 g/mol. The number of nitrogens with one attached hydrogen (secondary N) is 1. The number of primary amides is 1. The Labute approximate surface area is 160 Å². The van der Waals surface area contributed by atoms with Crippen molar-refractivity contribution in [3.63, 3.8) is 0 Å². The van der Waals surface area contributed by atoms with Gasteiger partial charge in [-0.3, -0.25) is 9.59 Å². The van der Waals surface area contributed by atoms with Crippen molar-refractivity contribution >= 4 is 29.3 Å². The van der Waals surface area contributed by atoms with Crippen molar-refractivity contribution in [3.05, 3.63) is 59.2 Å². The maximum absolute atomic E-state index is 12.2. The fourth-order valence-corrected chi connectivity index (χ4v) is 3.17. The summed E-state index contributed by atoms with van der Waals surface area (Å²) in [7, 11) is 0. The summed E-state index contributed by atoms with van der Waals surface area (Å²) in [6, 6.07) is 12.5. The van der Waals surface area contributed by atoms with Gasteiger partial charge in [-0.05, 0) is 38.1 Å². The first-order valence-electron chi connectivity index (χ1n) is 8.16. The Bertz CT molecular complexity index is 980. The van der Waals surface area contributed by atoms with E-state index in [1.54, 1.807) is 24.3 Å². The molecule has 27 heavy (non-hydrogen) atoms. The van der Waals surface area contributed by atoms with Crippen LogP contribution in [0.4, 0.5) is 5.69 Å². The van der Waals surface area contributed by atoms with Crippen LogP contribution in [0.2, 0.25) is 0 Å². The van der Waals surface area contributed by atoms with Crippen molar-refractivity contribution in [3.8, 4) is 11.5 Å². The number of para-hydroxylation sites is 1. The number of hydrogen-bond donors (Lipinski definition) is 2. The molecular weight excluding hydrogens is 364 g/mol. The van der Waals surface area contributed by atoms with E-state index < -0.39 is 5.91 Å². The normalized spacial score (nSPS) is 10.6. The number of rotatable bonds is 6. The smallest absolute Gasteiger partial charge is 0.277 e. The van der Waals surface area contributed by atoms with E-state index in [4.69, 9.17) is 10.2 Å². The molecule has 0 atom stereocenters. The lowest BCUT2D eigenvalue weighted by molar-refractivity contribution is -0.113. The summed E-state index contributed by atoms with van der Waals surface area (Å²) in [5, 5.41) is 11.0. The van der Waals surface area contributed by atoms with Crippen LogP contribution in [0.15, 0.2) is 52.1 Å². The first-order valence-corrected chi connectivity index (χ1v) is 9.14. The summed E-state index contributed by atoms with van der Waals surface area (Å²) in [5.41, 5.74) is 8.98. The maximum Gasteiger partial charge on any atom is 0.277 e. The molecule has 0 unspecified atom stereocenters. The lowest BCUT2D eigenvalue weighted by Gasteiger charge is -2.07. The van der Waals surface area contributed by atoms with E-state index in [1.807, 2.05) is 26.0 Å². The predicted molar refractivity (Wildman–Crippen MR) is 104 cm³/mol. The number of aryl methyl sites for hydroxylation is 2. The summed E-state index contributed by atoms with van der Waals surface area (Å²) in [4.78, 5) is 23.6. The number of thioether (sulfide) groups is 1. The second-order valence-corrected chi connectivity index (χ2v) is 6.92. The third-order valence-electron chi connectivity index (χ3n) is 3.67. The number of carbonyl (C=O) groups excluding carboxylic acids is 2. The van der Waals surface area contributed by atoms with Gasteiger partial charge in [0.15, 0.2) is 0 Å². The maximum atomic E-state index is 12.2. The highest BCUT2D eigenvalue weighted by molar-refractivity contribution is 7.99. The second kappa shape index (κ2) is 8.05. The largest absolute Gasteiger partial charge is 0.411 e. The molecule has 0 bridgehead atoms. The van der Waals surface area contributed by atoms with Crippen LogP contribution < -0.4 is 11.1 Å². The van der Waals surface area contributed by atoms with E-state index in [2.05, 4.69) is 21.6 Å². The van der Waals surface area contributed by atoms with Gasteiger partial charge in [0, 0.05) is 5.56 Å². The molecule has 3 N–H and O–H groups in total. The molecule has 0 saturated carbocycles. The second-order valence-electron chi connectivity index (χ2n) is 6.00. The van der Waals surface area contributed by atoms with Gasteiger partial charge >= 0.3 is 0 Å². The van der Waals surface area contributed by atoms with Gasteiger partial charge in [-0.1, -0.05) is 41.1 Å². The van der Waals surface area contributed by atoms with Gasteiger partial charge in [0.25, 0.3) is 11.1 Å². The minimum atomic E-state index is -0.603. The highest BCUT2D eigenvalue weighted by Crippen LogP contribution is 2.25. The molecule has 0 fully saturated rings. The Kier molecular flexibility index (Phi) is 5.56. The van der Waals surface area contributed by atoms with Crippen LogP contribution in [-0.4, -0.2) is 27.8 Å². The minimum absolute atomic E-state index is 0.0571. The summed E-state index contributed by atoms with van der Waals surface area (Å²) in [6.07, 6.45) is 0. The quantitative estimate of drug-likeness (QED) is 0.634. The van der Waals surface area contributed by atoms with Gasteiger partial charge in [0.1, 0.15) is 0 Å². The zero-order chi connectivity index (χ0) is 19.4. The Morgan fingerprint density at radius 1 is 1.11 bits per heavy atom. The van der Waals surface area contributed by atoms with Gasteiger partial charge in [-0.15, -0.1) is 10.2 Å². The molecule has 2 amide bonds. The highest BCUT2D eigenvalue weighted by Gasteiger charge is 2.14. The highest BCUT2D eigenvalue weighted by atomic mass is 32.2. The van der Waals surface area contributed by atoms with Crippen LogP contribution in [0.3, 0.4) is 0 Å². The van der Waals surface area contributed by atoms with Crippen LogP contribution >= 0.6 is 11.8 Å². The third kappa shape index (κ3) is 4.73. The number of nitrogens with zero attached hydrogens (tertiary/aromatic N) is 2. The fraction of sp³-hybridized carbons (Fsp3) is 0.158. The Morgan fingerprint density at radius 3 is 2.52 bits per heavy atom. The van der Waals surface area contributed by atoms with Gasteiger partial charge < -0.3 is 15.5 Å². The molecule has 2 aromatic carbocycles. The van der Waals surface area contributed by atoms with Gasteiger partial charge in [-0.25, -0.2) is 0 Å². The molecule has 3 aromatic rings. The fourth-order valence-electron chi connectivity index (χ4n) is 2.60. The average Bonchev–Trinajstić information content (AvgIpc) is 3.08. The molecule has 3 rings (SSSR count). The van der Waals surface area contributed by atoms with Crippen LogP contribution in [0.1, 0.15) is 21.5 Å². The minimum Gasteiger partial charge on any atom is -0.411 e. The number of aromatic nitrogens is 2. The number of benzene rings is 2. The number of amides is 2. The Morgan fingerprint density at radius 2 is 1.81 bits per heavy atom. The molecule has 0 saturated heterocycles. The van der Waals surface area contributed by atoms with Gasteiger partial charge in [-0.2, -0.15) is 0 Å². The van der Waals surface area contributed by atoms with Crippen LogP contribution in [0, 0.1) is 13.8 Å². The van der Waals surface area contributed by atoms with E-state index in [1.165, 1.54) is 0 Å². The first-order chi connectivity index (χ1) is 12.9. The molecule has 138 valence electrons. The molecule has 7 nitrogen and oxygen atoms in total. The van der Waals surface area contributed by atoms with E-state index in [0.29, 0.717) is 16.8 Å².